The molecule has 4 heteroatoms. The van der Waals surface area contributed by atoms with E-state index in [1.165, 1.54) is 29.7 Å². The van der Waals surface area contributed by atoms with E-state index in [1.54, 1.807) is 0 Å². The van der Waals surface area contributed by atoms with Crippen molar-refractivity contribution in [3.05, 3.63) is 55.1 Å². The molecule has 0 aliphatic heterocycles. The van der Waals surface area contributed by atoms with Gasteiger partial charge in [0.15, 0.2) is 0 Å². The first kappa shape index (κ1) is 14.6. The van der Waals surface area contributed by atoms with E-state index in [0.29, 0.717) is 5.92 Å². The number of nitrogens with two attached hydrogens (primary N) is 1. The maximum absolute atomic E-state index is 6.50. The van der Waals surface area contributed by atoms with Crippen molar-refractivity contribution in [3.8, 4) is 0 Å². The molecule has 0 bridgehead atoms. The number of rotatable bonds is 3. The van der Waals surface area contributed by atoms with Crippen molar-refractivity contribution in [2.75, 3.05) is 0 Å². The second-order valence-electron chi connectivity index (χ2n) is 5.40. The summed E-state index contributed by atoms with van der Waals surface area (Å²) in [5, 5.41) is 3.00. The number of hydrogen-bond acceptors (Lipinski definition) is 2. The Morgan fingerprint density at radius 3 is 3.05 bits per heavy atom. The molecule has 1 aromatic heterocycles. The zero-order valence-electron chi connectivity index (χ0n) is 11.1. The summed E-state index contributed by atoms with van der Waals surface area (Å²) in [4.78, 5) is 1.53. The van der Waals surface area contributed by atoms with Crippen LogP contribution in [0.4, 0.5) is 0 Å². The van der Waals surface area contributed by atoms with Crippen molar-refractivity contribution < 1.29 is 0 Å². The summed E-state index contributed by atoms with van der Waals surface area (Å²) in [7, 11) is 0. The number of thiophene rings is 1. The monoisotopic (exact) mass is 369 g/mol. The number of hydrogen-bond donors (Lipinski definition) is 1. The van der Waals surface area contributed by atoms with Crippen LogP contribution in [-0.2, 0) is 12.8 Å². The van der Waals surface area contributed by atoms with Gasteiger partial charge in [-0.05, 0) is 60.4 Å². The van der Waals surface area contributed by atoms with Crippen LogP contribution in [0.1, 0.15) is 34.8 Å². The summed E-state index contributed by atoms with van der Waals surface area (Å²) in [6, 6.07) is 8.45. The summed E-state index contributed by atoms with van der Waals surface area (Å²) >= 11 is 11.6. The highest BCUT2D eigenvalue weighted by atomic mass is 79.9. The van der Waals surface area contributed by atoms with E-state index >= 15 is 0 Å². The van der Waals surface area contributed by atoms with Crippen LogP contribution in [0, 0.1) is 0 Å². The Balaban J connectivity index is 1.79. The van der Waals surface area contributed by atoms with E-state index in [1.807, 2.05) is 23.5 Å². The minimum absolute atomic E-state index is 0.141. The van der Waals surface area contributed by atoms with Gasteiger partial charge in [-0.25, -0.2) is 0 Å². The fourth-order valence-corrected chi connectivity index (χ4v) is 4.80. The van der Waals surface area contributed by atoms with E-state index in [-0.39, 0.29) is 6.04 Å². The van der Waals surface area contributed by atoms with Gasteiger partial charge in [-0.2, -0.15) is 0 Å². The van der Waals surface area contributed by atoms with Crippen molar-refractivity contribution >= 4 is 38.9 Å². The van der Waals surface area contributed by atoms with Crippen molar-refractivity contribution in [2.45, 2.75) is 37.6 Å². The van der Waals surface area contributed by atoms with E-state index in [2.05, 4.69) is 33.4 Å². The van der Waals surface area contributed by atoms with Crippen LogP contribution in [0.25, 0.3) is 0 Å². The molecule has 1 heterocycles. The molecule has 0 saturated carbocycles. The van der Waals surface area contributed by atoms with E-state index in [9.17, 15) is 0 Å². The van der Waals surface area contributed by atoms with Gasteiger partial charge in [0, 0.05) is 26.3 Å². The van der Waals surface area contributed by atoms with E-state index in [4.69, 9.17) is 17.3 Å². The highest BCUT2D eigenvalue weighted by Crippen LogP contribution is 2.37. The predicted octanol–water partition coefficient (Wildman–Crippen LogP) is 5.15. The predicted molar refractivity (Wildman–Crippen MR) is 90.8 cm³/mol. The second-order valence-corrected chi connectivity index (χ2v) is 7.73. The molecule has 1 aromatic carbocycles. The van der Waals surface area contributed by atoms with Crippen LogP contribution < -0.4 is 5.73 Å². The average molecular weight is 371 g/mol. The number of fused-ring (bicyclic) bond motifs is 1. The van der Waals surface area contributed by atoms with Crippen molar-refractivity contribution in [3.63, 3.8) is 0 Å². The molecule has 3 rings (SSSR count). The second kappa shape index (κ2) is 6.18. The molecule has 2 N–H and O–H groups in total. The third-order valence-corrected chi connectivity index (χ3v) is 5.93. The molecule has 2 atom stereocenters. The Morgan fingerprint density at radius 1 is 1.40 bits per heavy atom. The molecule has 0 saturated heterocycles. The molecule has 2 aromatic rings. The Morgan fingerprint density at radius 2 is 2.25 bits per heavy atom. The van der Waals surface area contributed by atoms with Crippen LogP contribution in [0.15, 0.2) is 34.1 Å². The Hall–Kier alpha value is -0.350. The van der Waals surface area contributed by atoms with E-state index < -0.39 is 0 Å². The van der Waals surface area contributed by atoms with Gasteiger partial charge in [0.05, 0.1) is 0 Å². The maximum atomic E-state index is 6.50. The molecule has 0 radical (unpaired) electrons. The highest BCUT2D eigenvalue weighted by molar-refractivity contribution is 9.10. The molecule has 106 valence electrons. The fourth-order valence-electron chi connectivity index (χ4n) is 3.05. The standard InChI is InChI=1S/C16H17BrClNS/c17-11-5-4-10(14(18)9-11)8-15(19)12-2-1-3-16-13(12)6-7-20-16/h4-7,9,12,15H,1-3,8,19H2. The molecule has 20 heavy (non-hydrogen) atoms. The van der Waals surface area contributed by atoms with Gasteiger partial charge >= 0.3 is 0 Å². The summed E-state index contributed by atoms with van der Waals surface area (Å²) in [5.41, 5.74) is 9.11. The third kappa shape index (κ3) is 2.96. The van der Waals surface area contributed by atoms with Crippen molar-refractivity contribution in [1.29, 1.82) is 0 Å². The Bertz CT molecular complexity index is 610. The molecule has 2 unspecified atom stereocenters. The molecular formula is C16H17BrClNS. The number of benzene rings is 1. The summed E-state index contributed by atoms with van der Waals surface area (Å²) in [6.45, 7) is 0. The molecular weight excluding hydrogens is 354 g/mol. The molecule has 1 aliphatic carbocycles. The van der Waals surface area contributed by atoms with Gasteiger partial charge in [-0.1, -0.05) is 33.6 Å². The van der Waals surface area contributed by atoms with Gasteiger partial charge in [0.25, 0.3) is 0 Å². The van der Waals surface area contributed by atoms with Gasteiger partial charge in [0.2, 0.25) is 0 Å². The molecule has 0 fully saturated rings. The first-order valence-electron chi connectivity index (χ1n) is 6.91. The summed E-state index contributed by atoms with van der Waals surface area (Å²) < 4.78 is 1.01. The van der Waals surface area contributed by atoms with Crippen LogP contribution in [0.2, 0.25) is 5.02 Å². The quantitative estimate of drug-likeness (QED) is 0.794. The average Bonchev–Trinajstić information content (AvgIpc) is 2.90. The summed E-state index contributed by atoms with van der Waals surface area (Å²) in [6.07, 6.45) is 4.50. The van der Waals surface area contributed by atoms with Gasteiger partial charge in [-0.3, -0.25) is 0 Å². The van der Waals surface area contributed by atoms with Crippen molar-refractivity contribution in [2.24, 2.45) is 5.73 Å². The Kier molecular flexibility index (Phi) is 4.51. The first-order valence-corrected chi connectivity index (χ1v) is 8.96. The lowest BCUT2D eigenvalue weighted by Crippen LogP contribution is -2.32. The van der Waals surface area contributed by atoms with Crippen molar-refractivity contribution in [1.82, 2.24) is 0 Å². The lowest BCUT2D eigenvalue weighted by atomic mass is 9.81. The largest absolute Gasteiger partial charge is 0.327 e. The number of halogens is 2. The molecule has 0 amide bonds. The SMILES string of the molecule is NC(Cc1ccc(Br)cc1Cl)C1CCCc2sccc21. The smallest absolute Gasteiger partial charge is 0.0449 e. The van der Waals surface area contributed by atoms with Crippen LogP contribution in [-0.4, -0.2) is 6.04 Å². The first-order chi connectivity index (χ1) is 9.65. The zero-order valence-corrected chi connectivity index (χ0v) is 14.3. The normalized spacial score (nSPS) is 19.6. The van der Waals surface area contributed by atoms with Crippen LogP contribution in [0.3, 0.4) is 0 Å². The Labute approximate surface area is 137 Å². The van der Waals surface area contributed by atoms with Gasteiger partial charge in [0.1, 0.15) is 0 Å². The lowest BCUT2D eigenvalue weighted by molar-refractivity contribution is 0.464. The number of aryl methyl sites for hydroxylation is 1. The van der Waals surface area contributed by atoms with Crippen LogP contribution in [0.5, 0.6) is 0 Å². The van der Waals surface area contributed by atoms with Crippen LogP contribution >= 0.6 is 38.9 Å². The third-order valence-electron chi connectivity index (χ3n) is 4.09. The lowest BCUT2D eigenvalue weighted by Gasteiger charge is -2.28. The fraction of sp³-hybridized carbons (Fsp3) is 0.375. The minimum atomic E-state index is 0.141. The zero-order chi connectivity index (χ0) is 14.1. The topological polar surface area (TPSA) is 26.0 Å². The molecule has 0 spiro atoms. The van der Waals surface area contributed by atoms with Gasteiger partial charge < -0.3 is 5.73 Å². The van der Waals surface area contributed by atoms with Gasteiger partial charge in [-0.15, -0.1) is 11.3 Å². The maximum Gasteiger partial charge on any atom is 0.0449 e. The molecule has 1 aliphatic rings. The molecule has 1 nitrogen and oxygen atoms in total. The van der Waals surface area contributed by atoms with E-state index in [0.717, 1.165) is 21.5 Å². The highest BCUT2D eigenvalue weighted by Gasteiger charge is 2.26. The minimum Gasteiger partial charge on any atom is -0.327 e. The summed E-state index contributed by atoms with van der Waals surface area (Å²) in [5.74, 6) is 0.477.